The smallest absolute Gasteiger partial charge is 0.212 e. The molecule has 2 aliphatic rings. The first-order valence-corrected chi connectivity index (χ1v) is 10.4. The van der Waals surface area contributed by atoms with Gasteiger partial charge in [-0.25, -0.2) is 8.42 Å². The van der Waals surface area contributed by atoms with Gasteiger partial charge < -0.3 is 0 Å². The van der Waals surface area contributed by atoms with Gasteiger partial charge in [-0.3, -0.25) is 0 Å². The quantitative estimate of drug-likeness (QED) is 0.755. The standard InChI is InChI=1S/C20H20ClNO2S/c21-19-9-6-15(7-10-19)13-22-14-18-12-17(16-4-2-1-3-5-16)8-11-20(18)25(22,23)24/h1-11,17-18,20H,12-14H2/t17-,18+,20+/m1/s1. The fourth-order valence-corrected chi connectivity index (χ4v) is 6.06. The van der Waals surface area contributed by atoms with Crippen LogP contribution in [0.2, 0.25) is 5.02 Å². The summed E-state index contributed by atoms with van der Waals surface area (Å²) in [6, 6.07) is 17.7. The van der Waals surface area contributed by atoms with Crippen LogP contribution in [0.1, 0.15) is 23.5 Å². The van der Waals surface area contributed by atoms with Crippen LogP contribution in [0.25, 0.3) is 0 Å². The van der Waals surface area contributed by atoms with E-state index in [0.29, 0.717) is 24.0 Å². The summed E-state index contributed by atoms with van der Waals surface area (Å²) in [5.74, 6) is 0.445. The maximum absolute atomic E-state index is 12.9. The number of fused-ring (bicyclic) bond motifs is 1. The van der Waals surface area contributed by atoms with Crippen molar-refractivity contribution in [1.29, 1.82) is 0 Å². The Labute approximate surface area is 154 Å². The van der Waals surface area contributed by atoms with E-state index in [0.717, 1.165) is 12.0 Å². The lowest BCUT2D eigenvalue weighted by atomic mass is 9.82. The zero-order chi connectivity index (χ0) is 17.4. The molecule has 0 bridgehead atoms. The first-order chi connectivity index (χ1) is 12.0. The molecular weight excluding hydrogens is 354 g/mol. The molecule has 1 heterocycles. The van der Waals surface area contributed by atoms with Crippen LogP contribution in [0.3, 0.4) is 0 Å². The largest absolute Gasteiger partial charge is 0.221 e. The molecule has 0 aromatic heterocycles. The Morgan fingerprint density at radius 1 is 1.00 bits per heavy atom. The number of allylic oxidation sites excluding steroid dienone is 1. The van der Waals surface area contributed by atoms with Gasteiger partial charge in [0.05, 0.1) is 5.25 Å². The molecule has 0 saturated carbocycles. The second-order valence-corrected chi connectivity index (χ2v) is 9.35. The van der Waals surface area contributed by atoms with Gasteiger partial charge in [-0.15, -0.1) is 0 Å². The predicted octanol–water partition coefficient (Wildman–Crippen LogP) is 4.21. The zero-order valence-corrected chi connectivity index (χ0v) is 15.3. The molecule has 5 heteroatoms. The molecular formula is C20H20ClNO2S. The first kappa shape index (κ1) is 16.8. The third-order valence-corrected chi connectivity index (χ3v) is 7.68. The monoisotopic (exact) mass is 373 g/mol. The third-order valence-electron chi connectivity index (χ3n) is 5.20. The minimum atomic E-state index is -3.29. The SMILES string of the molecule is O=S1(=O)[C@H]2C=C[C@@H](c3ccccc3)C[C@H]2CN1Cc1ccc(Cl)cc1. The first-order valence-electron chi connectivity index (χ1n) is 8.51. The number of sulfonamides is 1. The fourth-order valence-electron chi connectivity index (χ4n) is 3.89. The van der Waals surface area contributed by atoms with Crippen LogP contribution in [0.5, 0.6) is 0 Å². The van der Waals surface area contributed by atoms with E-state index >= 15 is 0 Å². The highest BCUT2D eigenvalue weighted by atomic mass is 35.5. The van der Waals surface area contributed by atoms with E-state index in [-0.39, 0.29) is 11.2 Å². The summed E-state index contributed by atoms with van der Waals surface area (Å²) in [6.07, 6.45) is 4.85. The molecule has 130 valence electrons. The average Bonchev–Trinajstić information content (AvgIpc) is 2.87. The van der Waals surface area contributed by atoms with Crippen molar-refractivity contribution in [1.82, 2.24) is 4.31 Å². The van der Waals surface area contributed by atoms with Crippen molar-refractivity contribution in [2.75, 3.05) is 6.54 Å². The van der Waals surface area contributed by atoms with Crippen LogP contribution >= 0.6 is 11.6 Å². The molecule has 3 atom stereocenters. The summed E-state index contributed by atoms with van der Waals surface area (Å²) in [6.45, 7) is 1.000. The maximum Gasteiger partial charge on any atom is 0.221 e. The van der Waals surface area contributed by atoms with Gasteiger partial charge in [0.1, 0.15) is 0 Å². The highest BCUT2D eigenvalue weighted by molar-refractivity contribution is 7.90. The van der Waals surface area contributed by atoms with Crippen molar-refractivity contribution in [3.8, 4) is 0 Å². The summed E-state index contributed by atoms with van der Waals surface area (Å²) in [5.41, 5.74) is 2.22. The fraction of sp³-hybridized carbons (Fsp3) is 0.300. The third kappa shape index (κ3) is 3.26. The Kier molecular flexibility index (Phi) is 4.44. The number of hydrogen-bond donors (Lipinski definition) is 0. The van der Waals surface area contributed by atoms with Gasteiger partial charge in [-0.1, -0.05) is 66.2 Å². The highest BCUT2D eigenvalue weighted by Crippen LogP contribution is 2.40. The van der Waals surface area contributed by atoms with E-state index in [9.17, 15) is 8.42 Å². The lowest BCUT2D eigenvalue weighted by Gasteiger charge is -2.24. The molecule has 1 fully saturated rings. The lowest BCUT2D eigenvalue weighted by Crippen LogP contribution is -2.29. The number of rotatable bonds is 3. The summed E-state index contributed by atoms with van der Waals surface area (Å²) >= 11 is 5.92. The lowest BCUT2D eigenvalue weighted by molar-refractivity contribution is 0.369. The van der Waals surface area contributed by atoms with Crippen molar-refractivity contribution in [2.24, 2.45) is 5.92 Å². The number of nitrogens with zero attached hydrogens (tertiary/aromatic N) is 1. The Morgan fingerprint density at radius 2 is 1.72 bits per heavy atom. The normalized spacial score (nSPS) is 28.0. The van der Waals surface area contributed by atoms with Crippen LogP contribution in [0, 0.1) is 5.92 Å². The Balaban J connectivity index is 1.54. The van der Waals surface area contributed by atoms with E-state index in [4.69, 9.17) is 11.6 Å². The van der Waals surface area contributed by atoms with Crippen molar-refractivity contribution < 1.29 is 8.42 Å². The molecule has 0 N–H and O–H groups in total. The molecule has 2 aromatic carbocycles. The van der Waals surface area contributed by atoms with Crippen molar-refractivity contribution in [3.05, 3.63) is 82.9 Å². The van der Waals surface area contributed by atoms with Crippen LogP contribution in [-0.4, -0.2) is 24.5 Å². The zero-order valence-electron chi connectivity index (χ0n) is 13.8. The van der Waals surface area contributed by atoms with E-state index in [2.05, 4.69) is 18.2 Å². The molecule has 0 spiro atoms. The Bertz CT molecular complexity index is 878. The van der Waals surface area contributed by atoms with Crippen molar-refractivity contribution in [3.63, 3.8) is 0 Å². The molecule has 1 saturated heterocycles. The van der Waals surface area contributed by atoms with Crippen LogP contribution in [0.15, 0.2) is 66.7 Å². The van der Waals surface area contributed by atoms with Crippen LogP contribution in [0.4, 0.5) is 0 Å². The van der Waals surface area contributed by atoms with Gasteiger partial charge in [-0.05, 0) is 35.6 Å². The van der Waals surface area contributed by atoms with Gasteiger partial charge in [0, 0.05) is 24.0 Å². The molecule has 1 aliphatic heterocycles. The minimum absolute atomic E-state index is 0.146. The Morgan fingerprint density at radius 3 is 2.44 bits per heavy atom. The maximum atomic E-state index is 12.9. The highest BCUT2D eigenvalue weighted by Gasteiger charge is 2.46. The van der Waals surface area contributed by atoms with E-state index in [1.165, 1.54) is 5.56 Å². The van der Waals surface area contributed by atoms with Gasteiger partial charge in [0.2, 0.25) is 10.0 Å². The molecule has 0 radical (unpaired) electrons. The summed E-state index contributed by atoms with van der Waals surface area (Å²) < 4.78 is 27.4. The summed E-state index contributed by atoms with van der Waals surface area (Å²) in [5, 5.41) is 0.273. The van der Waals surface area contributed by atoms with Crippen molar-refractivity contribution >= 4 is 21.6 Å². The van der Waals surface area contributed by atoms with Gasteiger partial charge in [0.25, 0.3) is 0 Å². The average molecular weight is 374 g/mol. The van der Waals surface area contributed by atoms with Crippen LogP contribution in [-0.2, 0) is 16.6 Å². The van der Waals surface area contributed by atoms with Crippen LogP contribution < -0.4 is 0 Å². The molecule has 2 aromatic rings. The Hall–Kier alpha value is -1.62. The van der Waals surface area contributed by atoms with Gasteiger partial charge in [-0.2, -0.15) is 4.31 Å². The molecule has 1 aliphatic carbocycles. The second kappa shape index (κ2) is 6.60. The number of benzene rings is 2. The molecule has 25 heavy (non-hydrogen) atoms. The minimum Gasteiger partial charge on any atom is -0.212 e. The topological polar surface area (TPSA) is 37.4 Å². The summed E-state index contributed by atoms with van der Waals surface area (Å²) in [7, 11) is -3.29. The van der Waals surface area contributed by atoms with E-state index < -0.39 is 10.0 Å². The van der Waals surface area contributed by atoms with E-state index in [1.807, 2.05) is 36.4 Å². The van der Waals surface area contributed by atoms with E-state index in [1.54, 1.807) is 16.4 Å². The molecule has 0 unspecified atom stereocenters. The van der Waals surface area contributed by atoms with Gasteiger partial charge in [0.15, 0.2) is 0 Å². The second-order valence-electron chi connectivity index (χ2n) is 6.83. The summed E-state index contributed by atoms with van der Waals surface area (Å²) in [4.78, 5) is 0. The molecule has 3 nitrogen and oxygen atoms in total. The molecule has 0 amide bonds. The van der Waals surface area contributed by atoms with Gasteiger partial charge >= 0.3 is 0 Å². The number of halogens is 1. The molecule has 4 rings (SSSR count). The number of hydrogen-bond acceptors (Lipinski definition) is 2. The van der Waals surface area contributed by atoms with Crippen molar-refractivity contribution in [2.45, 2.75) is 24.1 Å². The predicted molar refractivity (Wildman–Crippen MR) is 101 cm³/mol.